The number of hydrogen-bond acceptors (Lipinski definition) is 2. The Morgan fingerprint density at radius 3 is 2.46 bits per heavy atom. The number of alkyl halides is 3. The molecular weight excluding hydrogens is 348 g/mol. The van der Waals surface area contributed by atoms with Crippen molar-refractivity contribution >= 4 is 5.91 Å². The third-order valence-electron chi connectivity index (χ3n) is 5.82. The maximum Gasteiger partial charge on any atom is 0.419 e. The molecular formula is C19H24F4N2O. The average molecular weight is 372 g/mol. The Kier molecular flexibility index (Phi) is 5.28. The number of hydrogen-bond donors (Lipinski definition) is 0. The highest BCUT2D eigenvalue weighted by molar-refractivity contribution is 5.77. The Labute approximate surface area is 151 Å². The van der Waals surface area contributed by atoms with E-state index in [9.17, 15) is 22.4 Å². The van der Waals surface area contributed by atoms with Crippen molar-refractivity contribution in [1.29, 1.82) is 0 Å². The molecule has 0 aromatic heterocycles. The molecule has 0 aliphatic carbocycles. The minimum absolute atomic E-state index is 0.0878. The van der Waals surface area contributed by atoms with E-state index in [1.807, 2.05) is 16.7 Å². The smallest absolute Gasteiger partial charge is 0.342 e. The van der Waals surface area contributed by atoms with Gasteiger partial charge in [-0.2, -0.15) is 13.2 Å². The first-order valence-electron chi connectivity index (χ1n) is 9.09. The summed E-state index contributed by atoms with van der Waals surface area (Å²) in [6.07, 6.45) is -1.47. The highest BCUT2D eigenvalue weighted by atomic mass is 19.4. The molecule has 3 nitrogen and oxygen atoms in total. The van der Waals surface area contributed by atoms with Crippen molar-refractivity contribution in [3.63, 3.8) is 0 Å². The van der Waals surface area contributed by atoms with Gasteiger partial charge in [0, 0.05) is 31.6 Å². The monoisotopic (exact) mass is 372 g/mol. The topological polar surface area (TPSA) is 23.6 Å². The van der Waals surface area contributed by atoms with Gasteiger partial charge < -0.3 is 4.90 Å². The number of halogens is 4. The molecule has 0 saturated carbocycles. The van der Waals surface area contributed by atoms with Gasteiger partial charge >= 0.3 is 6.18 Å². The van der Waals surface area contributed by atoms with Crippen molar-refractivity contribution < 1.29 is 22.4 Å². The molecule has 0 radical (unpaired) electrons. The molecule has 2 saturated heterocycles. The first kappa shape index (κ1) is 19.1. The maximum atomic E-state index is 14.2. The molecule has 2 fully saturated rings. The number of rotatable bonds is 3. The fraction of sp³-hybridized carbons (Fsp3) is 0.632. The van der Waals surface area contributed by atoms with Crippen molar-refractivity contribution in [3.05, 3.63) is 35.1 Å². The normalized spacial score (nSPS) is 21.4. The predicted octanol–water partition coefficient (Wildman–Crippen LogP) is 4.07. The Hall–Kier alpha value is -1.63. The van der Waals surface area contributed by atoms with E-state index in [1.54, 1.807) is 0 Å². The molecule has 2 aliphatic rings. The number of piperidine rings is 2. The third kappa shape index (κ3) is 3.87. The van der Waals surface area contributed by atoms with Gasteiger partial charge in [-0.25, -0.2) is 4.39 Å². The predicted molar refractivity (Wildman–Crippen MR) is 89.8 cm³/mol. The molecule has 0 bridgehead atoms. The number of carbonyl (C=O) groups excluding carboxylic acids is 1. The quantitative estimate of drug-likeness (QED) is 0.747. The van der Waals surface area contributed by atoms with Crippen LogP contribution in [0.5, 0.6) is 0 Å². The van der Waals surface area contributed by atoms with E-state index in [0.717, 1.165) is 31.9 Å². The number of nitrogens with zero attached hydrogens (tertiary/aromatic N) is 2. The lowest BCUT2D eigenvalue weighted by Crippen LogP contribution is -2.51. The van der Waals surface area contributed by atoms with Crippen molar-refractivity contribution in [1.82, 2.24) is 9.80 Å². The summed E-state index contributed by atoms with van der Waals surface area (Å²) in [4.78, 5) is 15.8. The zero-order chi connectivity index (χ0) is 18.9. The van der Waals surface area contributed by atoms with Crippen LogP contribution in [0.15, 0.2) is 18.2 Å². The summed E-state index contributed by atoms with van der Waals surface area (Å²) < 4.78 is 52.8. The number of amides is 1. The molecule has 3 rings (SSSR count). The molecule has 1 spiro atoms. The van der Waals surface area contributed by atoms with Gasteiger partial charge in [0.25, 0.3) is 0 Å². The van der Waals surface area contributed by atoms with Crippen LogP contribution in [-0.4, -0.2) is 41.9 Å². The van der Waals surface area contributed by atoms with Gasteiger partial charge in [-0.15, -0.1) is 0 Å². The van der Waals surface area contributed by atoms with Gasteiger partial charge in [0.15, 0.2) is 0 Å². The summed E-state index contributed by atoms with van der Waals surface area (Å²) in [6, 6.07) is 3.47. The molecule has 1 aromatic rings. The minimum atomic E-state index is -4.68. The average Bonchev–Trinajstić information content (AvgIpc) is 2.60. The Morgan fingerprint density at radius 2 is 1.85 bits per heavy atom. The molecule has 26 heavy (non-hydrogen) atoms. The molecule has 0 N–H and O–H groups in total. The van der Waals surface area contributed by atoms with Crippen LogP contribution < -0.4 is 0 Å². The Morgan fingerprint density at radius 1 is 1.15 bits per heavy atom. The molecule has 7 heteroatoms. The van der Waals surface area contributed by atoms with Crippen LogP contribution in [0.4, 0.5) is 17.6 Å². The highest BCUT2D eigenvalue weighted by Crippen LogP contribution is 2.40. The Bertz CT molecular complexity index is 666. The molecule has 0 atom stereocenters. The second kappa shape index (κ2) is 7.18. The van der Waals surface area contributed by atoms with Crippen LogP contribution in [-0.2, 0) is 17.5 Å². The van der Waals surface area contributed by atoms with Crippen LogP contribution in [0.2, 0.25) is 0 Å². The zero-order valence-electron chi connectivity index (χ0n) is 14.9. The van der Waals surface area contributed by atoms with Crippen molar-refractivity contribution in [3.8, 4) is 0 Å². The van der Waals surface area contributed by atoms with Crippen molar-refractivity contribution in [2.24, 2.45) is 5.41 Å². The summed E-state index contributed by atoms with van der Waals surface area (Å²) in [5, 5.41) is 0. The van der Waals surface area contributed by atoms with Gasteiger partial charge in [-0.1, -0.05) is 12.1 Å². The van der Waals surface area contributed by atoms with Crippen molar-refractivity contribution in [2.45, 2.75) is 45.3 Å². The lowest BCUT2D eigenvalue weighted by atomic mass is 9.72. The van der Waals surface area contributed by atoms with E-state index in [0.29, 0.717) is 26.1 Å². The summed E-state index contributed by atoms with van der Waals surface area (Å²) in [7, 11) is 0. The number of benzene rings is 1. The third-order valence-corrected chi connectivity index (χ3v) is 5.82. The van der Waals surface area contributed by atoms with Gasteiger partial charge in [0.2, 0.25) is 5.91 Å². The fourth-order valence-corrected chi connectivity index (χ4v) is 4.15. The van der Waals surface area contributed by atoms with Crippen LogP contribution in [0.25, 0.3) is 0 Å². The van der Waals surface area contributed by atoms with E-state index in [4.69, 9.17) is 0 Å². The van der Waals surface area contributed by atoms with Gasteiger partial charge in [-0.05, 0) is 50.8 Å². The van der Waals surface area contributed by atoms with Crippen LogP contribution in [0.3, 0.4) is 0 Å². The number of likely N-dealkylation sites (tertiary alicyclic amines) is 2. The van der Waals surface area contributed by atoms with E-state index in [2.05, 4.69) is 0 Å². The summed E-state index contributed by atoms with van der Waals surface area (Å²) in [5.74, 6) is -0.965. The minimum Gasteiger partial charge on any atom is -0.342 e. The van der Waals surface area contributed by atoms with E-state index in [1.165, 1.54) is 12.1 Å². The summed E-state index contributed by atoms with van der Waals surface area (Å²) in [6.45, 7) is 5.04. The summed E-state index contributed by atoms with van der Waals surface area (Å²) in [5.41, 5.74) is -1.01. The van der Waals surface area contributed by atoms with Crippen LogP contribution in [0, 0.1) is 11.2 Å². The fourth-order valence-electron chi connectivity index (χ4n) is 4.15. The zero-order valence-corrected chi connectivity index (χ0v) is 14.9. The molecule has 1 amide bonds. The van der Waals surface area contributed by atoms with Crippen molar-refractivity contribution in [2.75, 3.05) is 26.2 Å². The van der Waals surface area contributed by atoms with E-state index in [-0.39, 0.29) is 23.4 Å². The van der Waals surface area contributed by atoms with Gasteiger partial charge in [0.1, 0.15) is 5.82 Å². The second-order valence-electron chi connectivity index (χ2n) is 7.46. The molecule has 144 valence electrons. The van der Waals surface area contributed by atoms with E-state index >= 15 is 0 Å². The second-order valence-corrected chi connectivity index (χ2v) is 7.46. The molecule has 0 unspecified atom stereocenters. The van der Waals surface area contributed by atoms with E-state index < -0.39 is 17.6 Å². The first-order chi connectivity index (χ1) is 12.2. The first-order valence-corrected chi connectivity index (χ1v) is 9.09. The number of carbonyl (C=O) groups is 1. The lowest BCUT2D eigenvalue weighted by molar-refractivity contribution is -0.140. The highest BCUT2D eigenvalue weighted by Gasteiger charge is 2.41. The van der Waals surface area contributed by atoms with Crippen LogP contribution in [0.1, 0.15) is 43.7 Å². The Balaban J connectivity index is 1.64. The van der Waals surface area contributed by atoms with Gasteiger partial charge in [-0.3, -0.25) is 9.69 Å². The standard InChI is InChI=1S/C19H24F4N2O/c1-2-25-13-18(7-6-16(25)26)8-10-24(11-9-18)12-14-4-3-5-15(17(14)20)19(21,22)23/h3-5H,2,6-13H2,1H3. The molecule has 1 aromatic carbocycles. The lowest BCUT2D eigenvalue weighted by Gasteiger charge is -2.47. The largest absolute Gasteiger partial charge is 0.419 e. The van der Waals surface area contributed by atoms with Gasteiger partial charge in [0.05, 0.1) is 5.56 Å². The SMILES string of the molecule is CCN1CC2(CCC1=O)CCN(Cc1cccc(C(F)(F)F)c1F)CC2. The maximum absolute atomic E-state index is 14.2. The van der Waals surface area contributed by atoms with Crippen LogP contribution >= 0.6 is 0 Å². The summed E-state index contributed by atoms with van der Waals surface area (Å²) >= 11 is 0. The molecule has 2 heterocycles. The molecule has 2 aliphatic heterocycles.